The molecular formula is C15H20N2O2. The molecule has 1 aromatic carbocycles. The Kier molecular flexibility index (Phi) is 3.42. The van der Waals surface area contributed by atoms with E-state index in [0.29, 0.717) is 13.2 Å². The molecular weight excluding hydrogens is 240 g/mol. The van der Waals surface area contributed by atoms with Gasteiger partial charge in [0.25, 0.3) is 5.91 Å². The number of hydrogen-bond acceptors (Lipinski definition) is 3. The number of nitrogens with two attached hydrogens (primary N) is 1. The highest BCUT2D eigenvalue weighted by atomic mass is 16.5. The van der Waals surface area contributed by atoms with E-state index in [2.05, 4.69) is 6.07 Å². The van der Waals surface area contributed by atoms with Crippen molar-refractivity contribution in [2.75, 3.05) is 18.9 Å². The third-order valence-corrected chi connectivity index (χ3v) is 4.08. The van der Waals surface area contributed by atoms with Gasteiger partial charge < -0.3 is 15.4 Å². The van der Waals surface area contributed by atoms with Crippen LogP contribution in [0.25, 0.3) is 0 Å². The summed E-state index contributed by atoms with van der Waals surface area (Å²) >= 11 is 0. The number of anilines is 1. The summed E-state index contributed by atoms with van der Waals surface area (Å²) in [6.45, 7) is 2.11. The number of nitrogens with zero attached hydrogens (tertiary/aromatic N) is 1. The first-order valence-electron chi connectivity index (χ1n) is 7.02. The fourth-order valence-corrected chi connectivity index (χ4v) is 2.93. The van der Waals surface area contributed by atoms with Crippen LogP contribution < -0.4 is 5.73 Å². The van der Waals surface area contributed by atoms with Gasteiger partial charge in [0.05, 0.1) is 0 Å². The maximum absolute atomic E-state index is 12.4. The maximum Gasteiger partial charge on any atom is 0.252 e. The van der Waals surface area contributed by atoms with Gasteiger partial charge >= 0.3 is 0 Å². The standard InChI is InChI=1S/C15H20N2O2/c16-13-5-3-4-11-7-8-17(10-12(11)13)15(18)14-6-1-2-9-19-14/h3-5,14H,1-2,6-10,16H2. The lowest BCUT2D eigenvalue weighted by Crippen LogP contribution is -2.44. The van der Waals surface area contributed by atoms with Crippen LogP contribution in [0.15, 0.2) is 18.2 Å². The van der Waals surface area contributed by atoms with Crippen molar-refractivity contribution in [3.8, 4) is 0 Å². The molecule has 1 amide bonds. The maximum atomic E-state index is 12.4. The van der Waals surface area contributed by atoms with Crippen LogP contribution in [0, 0.1) is 0 Å². The van der Waals surface area contributed by atoms with Crippen LogP contribution in [0.4, 0.5) is 5.69 Å². The minimum absolute atomic E-state index is 0.133. The quantitative estimate of drug-likeness (QED) is 0.782. The molecule has 1 atom stereocenters. The Morgan fingerprint density at radius 2 is 2.26 bits per heavy atom. The average molecular weight is 260 g/mol. The van der Waals surface area contributed by atoms with E-state index in [0.717, 1.165) is 43.5 Å². The predicted octanol–water partition coefficient (Wildman–Crippen LogP) is 1.72. The van der Waals surface area contributed by atoms with Crippen molar-refractivity contribution >= 4 is 11.6 Å². The van der Waals surface area contributed by atoms with Crippen molar-refractivity contribution in [2.45, 2.75) is 38.3 Å². The zero-order chi connectivity index (χ0) is 13.2. The van der Waals surface area contributed by atoms with Crippen LogP contribution in [0.2, 0.25) is 0 Å². The normalized spacial score (nSPS) is 22.9. The van der Waals surface area contributed by atoms with Crippen molar-refractivity contribution in [1.82, 2.24) is 4.90 Å². The second kappa shape index (κ2) is 5.21. The zero-order valence-electron chi connectivity index (χ0n) is 11.1. The van der Waals surface area contributed by atoms with Gasteiger partial charge in [-0.1, -0.05) is 12.1 Å². The fraction of sp³-hybridized carbons (Fsp3) is 0.533. The zero-order valence-corrected chi connectivity index (χ0v) is 11.1. The molecule has 1 unspecified atom stereocenters. The van der Waals surface area contributed by atoms with E-state index in [-0.39, 0.29) is 12.0 Å². The predicted molar refractivity (Wildman–Crippen MR) is 73.6 cm³/mol. The average Bonchev–Trinajstić information content (AvgIpc) is 2.47. The van der Waals surface area contributed by atoms with E-state index in [9.17, 15) is 4.79 Å². The molecule has 0 spiro atoms. The Labute approximate surface area is 113 Å². The molecule has 4 heteroatoms. The number of fused-ring (bicyclic) bond motifs is 1. The summed E-state index contributed by atoms with van der Waals surface area (Å²) in [6, 6.07) is 5.99. The second-order valence-corrected chi connectivity index (χ2v) is 5.35. The first-order valence-corrected chi connectivity index (χ1v) is 7.02. The van der Waals surface area contributed by atoms with Crippen LogP contribution in [0.3, 0.4) is 0 Å². The topological polar surface area (TPSA) is 55.6 Å². The van der Waals surface area contributed by atoms with E-state index >= 15 is 0 Å². The van der Waals surface area contributed by atoms with Gasteiger partial charge in [0.1, 0.15) is 6.10 Å². The molecule has 19 heavy (non-hydrogen) atoms. The molecule has 2 N–H and O–H groups in total. The second-order valence-electron chi connectivity index (χ2n) is 5.35. The summed E-state index contributed by atoms with van der Waals surface area (Å²) in [5.41, 5.74) is 9.19. The van der Waals surface area contributed by atoms with Gasteiger partial charge in [0.2, 0.25) is 0 Å². The van der Waals surface area contributed by atoms with Crippen LogP contribution in [0.5, 0.6) is 0 Å². The highest BCUT2D eigenvalue weighted by Crippen LogP contribution is 2.26. The van der Waals surface area contributed by atoms with Gasteiger partial charge in [-0.25, -0.2) is 0 Å². The molecule has 1 aromatic rings. The lowest BCUT2D eigenvalue weighted by molar-refractivity contribution is -0.147. The monoisotopic (exact) mass is 260 g/mol. The van der Waals surface area contributed by atoms with Gasteiger partial charge in [-0.3, -0.25) is 4.79 Å². The van der Waals surface area contributed by atoms with Crippen molar-refractivity contribution in [3.63, 3.8) is 0 Å². The lowest BCUT2D eigenvalue weighted by atomic mass is 9.97. The molecule has 1 saturated heterocycles. The fourth-order valence-electron chi connectivity index (χ4n) is 2.93. The SMILES string of the molecule is Nc1cccc2c1CN(C(=O)C1CCCCO1)CC2. The first-order chi connectivity index (χ1) is 9.25. The number of ether oxygens (including phenoxy) is 1. The van der Waals surface area contributed by atoms with Crippen LogP contribution in [-0.2, 0) is 22.5 Å². The Morgan fingerprint density at radius 3 is 3.05 bits per heavy atom. The molecule has 4 nitrogen and oxygen atoms in total. The number of hydrogen-bond donors (Lipinski definition) is 1. The number of rotatable bonds is 1. The number of amides is 1. The molecule has 0 aliphatic carbocycles. The Balaban J connectivity index is 1.74. The summed E-state index contributed by atoms with van der Waals surface area (Å²) < 4.78 is 5.59. The van der Waals surface area contributed by atoms with Crippen LogP contribution in [0.1, 0.15) is 30.4 Å². The third kappa shape index (κ3) is 2.45. The van der Waals surface area contributed by atoms with Crippen LogP contribution in [-0.4, -0.2) is 30.1 Å². The molecule has 3 rings (SSSR count). The molecule has 2 aliphatic rings. The van der Waals surface area contributed by atoms with E-state index in [1.165, 1.54) is 5.56 Å². The molecule has 0 saturated carbocycles. The van der Waals surface area contributed by atoms with Crippen LogP contribution >= 0.6 is 0 Å². The molecule has 102 valence electrons. The summed E-state index contributed by atoms with van der Waals surface area (Å²) in [5.74, 6) is 0.133. The molecule has 2 aliphatic heterocycles. The molecule has 2 heterocycles. The van der Waals surface area contributed by atoms with Gasteiger partial charge in [-0.05, 0) is 42.9 Å². The van der Waals surface area contributed by atoms with Crippen molar-refractivity contribution < 1.29 is 9.53 Å². The Hall–Kier alpha value is -1.55. The largest absolute Gasteiger partial charge is 0.398 e. The number of carbonyl (C=O) groups is 1. The Morgan fingerprint density at radius 1 is 1.37 bits per heavy atom. The van der Waals surface area contributed by atoms with E-state index in [1.807, 2.05) is 17.0 Å². The van der Waals surface area contributed by atoms with E-state index in [4.69, 9.17) is 10.5 Å². The van der Waals surface area contributed by atoms with Gasteiger partial charge in [-0.15, -0.1) is 0 Å². The number of nitrogen functional groups attached to an aromatic ring is 1. The minimum atomic E-state index is -0.236. The van der Waals surface area contributed by atoms with Crippen molar-refractivity contribution in [2.24, 2.45) is 0 Å². The summed E-state index contributed by atoms with van der Waals surface area (Å²) in [4.78, 5) is 14.3. The minimum Gasteiger partial charge on any atom is -0.398 e. The molecule has 0 bridgehead atoms. The summed E-state index contributed by atoms with van der Waals surface area (Å²) in [7, 11) is 0. The van der Waals surface area contributed by atoms with E-state index < -0.39 is 0 Å². The van der Waals surface area contributed by atoms with Gasteiger partial charge in [-0.2, -0.15) is 0 Å². The van der Waals surface area contributed by atoms with E-state index in [1.54, 1.807) is 0 Å². The summed E-state index contributed by atoms with van der Waals surface area (Å²) in [5, 5.41) is 0. The third-order valence-electron chi connectivity index (χ3n) is 4.08. The highest BCUT2D eigenvalue weighted by molar-refractivity contribution is 5.81. The number of benzene rings is 1. The first kappa shape index (κ1) is 12.5. The Bertz CT molecular complexity index is 481. The molecule has 1 fully saturated rings. The number of carbonyl (C=O) groups excluding carboxylic acids is 1. The molecule has 0 aromatic heterocycles. The van der Waals surface area contributed by atoms with Crippen molar-refractivity contribution in [3.05, 3.63) is 29.3 Å². The smallest absolute Gasteiger partial charge is 0.252 e. The highest BCUT2D eigenvalue weighted by Gasteiger charge is 2.29. The summed E-state index contributed by atoms with van der Waals surface area (Å²) in [6.07, 6.45) is 3.66. The molecule has 0 radical (unpaired) electrons. The lowest BCUT2D eigenvalue weighted by Gasteiger charge is -2.33. The van der Waals surface area contributed by atoms with Gasteiger partial charge in [0, 0.05) is 25.4 Å². The van der Waals surface area contributed by atoms with Gasteiger partial charge in [0.15, 0.2) is 0 Å². The van der Waals surface area contributed by atoms with Crippen molar-refractivity contribution in [1.29, 1.82) is 0 Å².